The third-order valence-corrected chi connectivity index (χ3v) is 6.13. The number of hydrogen-bond acceptors (Lipinski definition) is 4. The Bertz CT molecular complexity index is 712. The number of nitrogens with zero attached hydrogens (tertiary/aromatic N) is 1. The number of ether oxygens (including phenoxy) is 2. The Hall–Kier alpha value is -1.81. The van der Waals surface area contributed by atoms with Gasteiger partial charge in [0.1, 0.15) is 5.75 Å². The molecule has 0 aliphatic carbocycles. The molecule has 4 atom stereocenters. The van der Waals surface area contributed by atoms with Crippen LogP contribution in [0.5, 0.6) is 5.75 Å². The van der Waals surface area contributed by atoms with E-state index in [1.165, 1.54) is 0 Å². The van der Waals surface area contributed by atoms with Crippen molar-refractivity contribution in [1.29, 1.82) is 0 Å². The van der Waals surface area contributed by atoms with Crippen LogP contribution in [0.15, 0.2) is 30.4 Å². The number of rotatable bonds is 10. The van der Waals surface area contributed by atoms with Crippen LogP contribution in [0.1, 0.15) is 64.7 Å². The summed E-state index contributed by atoms with van der Waals surface area (Å²) in [7, 11) is 1.82. The zero-order valence-corrected chi connectivity index (χ0v) is 20.0. The van der Waals surface area contributed by atoms with Crippen molar-refractivity contribution in [1.82, 2.24) is 0 Å². The molecule has 1 heterocycles. The molecule has 0 aromatic heterocycles. The predicted octanol–water partition coefficient (Wildman–Crippen LogP) is 6.00. The molecule has 0 amide bonds. The minimum absolute atomic E-state index is 0.0867. The molecule has 4 heteroatoms. The van der Waals surface area contributed by atoms with Crippen LogP contribution < -0.4 is 9.64 Å². The Morgan fingerprint density at radius 1 is 1.33 bits per heavy atom. The van der Waals surface area contributed by atoms with Crippen molar-refractivity contribution < 1.29 is 14.3 Å². The summed E-state index contributed by atoms with van der Waals surface area (Å²) in [6.45, 7) is 15.5. The third-order valence-electron chi connectivity index (χ3n) is 6.13. The number of Topliss-reactive ketones (excluding diaryl/α,β-unsaturated/α-hetero) is 1. The van der Waals surface area contributed by atoms with Gasteiger partial charge in [-0.1, -0.05) is 53.2 Å². The fourth-order valence-corrected chi connectivity index (χ4v) is 4.63. The van der Waals surface area contributed by atoms with Gasteiger partial charge in [-0.25, -0.2) is 0 Å². The lowest BCUT2D eigenvalue weighted by Gasteiger charge is -2.37. The van der Waals surface area contributed by atoms with E-state index in [0.29, 0.717) is 30.3 Å². The zero-order chi connectivity index (χ0) is 22.3. The second kappa shape index (κ2) is 11.5. The number of carbonyl (C=O) groups is 1. The Labute approximate surface area is 183 Å². The normalized spacial score (nSPS) is 19.9. The standard InChI is InChI=1S/C26H41NO3/c1-8-9-10-11-25(29-7)26(18(2)3)20(5)16-27-15-19(4)17-30-24-13-12-22(21(6)28)14-23(24)27/h10-14,18-20,25-26H,8-9,15-17H2,1-7H3/b11-10+. The maximum Gasteiger partial charge on any atom is 0.159 e. The van der Waals surface area contributed by atoms with E-state index in [9.17, 15) is 4.79 Å². The number of fused-ring (bicyclic) bond motifs is 1. The largest absolute Gasteiger partial charge is 0.491 e. The van der Waals surface area contributed by atoms with Gasteiger partial charge in [-0.3, -0.25) is 4.79 Å². The summed E-state index contributed by atoms with van der Waals surface area (Å²) >= 11 is 0. The fraction of sp³-hybridized carbons (Fsp3) is 0.654. The molecule has 0 N–H and O–H groups in total. The van der Waals surface area contributed by atoms with Crippen LogP contribution in [0.4, 0.5) is 5.69 Å². The highest BCUT2D eigenvalue weighted by Crippen LogP contribution is 2.36. The number of anilines is 1. The van der Waals surface area contributed by atoms with E-state index >= 15 is 0 Å². The topological polar surface area (TPSA) is 38.8 Å². The van der Waals surface area contributed by atoms with Crippen molar-refractivity contribution >= 4 is 11.5 Å². The molecule has 168 valence electrons. The first-order valence-electron chi connectivity index (χ1n) is 11.5. The lowest BCUT2D eigenvalue weighted by atomic mass is 9.79. The van der Waals surface area contributed by atoms with Gasteiger partial charge < -0.3 is 14.4 Å². The van der Waals surface area contributed by atoms with Gasteiger partial charge in [0.15, 0.2) is 5.78 Å². The molecule has 0 saturated heterocycles. The fourth-order valence-electron chi connectivity index (χ4n) is 4.63. The first-order chi connectivity index (χ1) is 14.3. The van der Waals surface area contributed by atoms with Crippen molar-refractivity contribution in [2.24, 2.45) is 23.7 Å². The van der Waals surface area contributed by atoms with Gasteiger partial charge >= 0.3 is 0 Å². The Morgan fingerprint density at radius 2 is 2.07 bits per heavy atom. The first-order valence-corrected chi connectivity index (χ1v) is 11.5. The summed E-state index contributed by atoms with van der Waals surface area (Å²) in [5.41, 5.74) is 1.78. The summed E-state index contributed by atoms with van der Waals surface area (Å²) in [6.07, 6.45) is 6.85. The van der Waals surface area contributed by atoms with Gasteiger partial charge in [0.05, 0.1) is 18.4 Å². The lowest BCUT2D eigenvalue weighted by Crippen LogP contribution is -2.40. The van der Waals surface area contributed by atoms with Crippen molar-refractivity contribution in [3.8, 4) is 5.75 Å². The lowest BCUT2D eigenvalue weighted by molar-refractivity contribution is 0.0427. The molecule has 1 aromatic rings. The second-order valence-electron chi connectivity index (χ2n) is 9.28. The summed E-state index contributed by atoms with van der Waals surface area (Å²) in [6, 6.07) is 5.82. The molecule has 1 aliphatic heterocycles. The monoisotopic (exact) mass is 415 g/mol. The zero-order valence-electron chi connectivity index (χ0n) is 20.0. The van der Waals surface area contributed by atoms with Crippen molar-refractivity contribution in [2.45, 2.75) is 60.5 Å². The van der Waals surface area contributed by atoms with E-state index in [4.69, 9.17) is 9.47 Å². The number of methoxy groups -OCH3 is 1. The Kier molecular flexibility index (Phi) is 9.41. The highest BCUT2D eigenvalue weighted by molar-refractivity contribution is 5.95. The molecule has 4 unspecified atom stereocenters. The van der Waals surface area contributed by atoms with E-state index in [-0.39, 0.29) is 11.9 Å². The van der Waals surface area contributed by atoms with Gasteiger partial charge in [0.2, 0.25) is 0 Å². The third kappa shape index (κ3) is 6.34. The Balaban J connectivity index is 2.30. The smallest absolute Gasteiger partial charge is 0.159 e. The molecule has 0 spiro atoms. The number of carbonyl (C=O) groups excluding carboxylic acids is 1. The summed E-state index contributed by atoms with van der Waals surface area (Å²) < 4.78 is 12.0. The van der Waals surface area contributed by atoms with Crippen LogP contribution in [0, 0.1) is 23.7 Å². The van der Waals surface area contributed by atoms with Crippen molar-refractivity contribution in [3.05, 3.63) is 35.9 Å². The molecule has 0 radical (unpaired) electrons. The van der Waals surface area contributed by atoms with E-state index in [1.54, 1.807) is 6.92 Å². The Morgan fingerprint density at radius 3 is 2.67 bits per heavy atom. The number of allylic oxidation sites excluding steroid dienone is 1. The maximum atomic E-state index is 12.0. The molecule has 0 bridgehead atoms. The molecule has 1 aliphatic rings. The summed E-state index contributed by atoms with van der Waals surface area (Å²) in [5.74, 6) is 2.71. The van der Waals surface area contributed by atoms with Crippen LogP contribution in [0.2, 0.25) is 0 Å². The van der Waals surface area contributed by atoms with Crippen molar-refractivity contribution in [3.63, 3.8) is 0 Å². The number of ketones is 1. The van der Waals surface area contributed by atoms with Crippen LogP contribution >= 0.6 is 0 Å². The van der Waals surface area contributed by atoms with Crippen molar-refractivity contribution in [2.75, 3.05) is 31.7 Å². The number of benzene rings is 1. The first kappa shape index (κ1) is 24.5. The highest BCUT2D eigenvalue weighted by atomic mass is 16.5. The highest BCUT2D eigenvalue weighted by Gasteiger charge is 2.31. The minimum Gasteiger partial charge on any atom is -0.491 e. The van der Waals surface area contributed by atoms with E-state index < -0.39 is 0 Å². The quantitative estimate of drug-likeness (QED) is 0.347. The van der Waals surface area contributed by atoms with E-state index in [2.05, 4.69) is 51.7 Å². The van der Waals surface area contributed by atoms with Gasteiger partial charge in [-0.2, -0.15) is 0 Å². The van der Waals surface area contributed by atoms with Crippen LogP contribution in [0.25, 0.3) is 0 Å². The van der Waals surface area contributed by atoms with Gasteiger partial charge in [0, 0.05) is 31.7 Å². The van der Waals surface area contributed by atoms with Crippen LogP contribution in [-0.2, 0) is 4.74 Å². The van der Waals surface area contributed by atoms with E-state index in [1.807, 2.05) is 25.3 Å². The van der Waals surface area contributed by atoms with E-state index in [0.717, 1.165) is 42.9 Å². The van der Waals surface area contributed by atoms with Crippen LogP contribution in [0.3, 0.4) is 0 Å². The molecule has 0 fully saturated rings. The molecular formula is C26H41NO3. The predicted molar refractivity (Wildman–Crippen MR) is 126 cm³/mol. The molecule has 30 heavy (non-hydrogen) atoms. The van der Waals surface area contributed by atoms with Gasteiger partial charge in [-0.15, -0.1) is 0 Å². The SMILES string of the molecule is CCC/C=C/C(OC)C(C(C)C)C(C)CN1CC(C)COc2ccc(C(C)=O)cc21. The number of hydrogen-bond donors (Lipinski definition) is 0. The second-order valence-corrected chi connectivity index (χ2v) is 9.28. The summed E-state index contributed by atoms with van der Waals surface area (Å²) in [4.78, 5) is 14.4. The molecular weight excluding hydrogens is 374 g/mol. The van der Waals surface area contributed by atoms with Gasteiger partial charge in [-0.05, 0) is 49.3 Å². The number of unbranched alkanes of at least 4 members (excludes halogenated alkanes) is 1. The molecule has 1 aromatic carbocycles. The average Bonchev–Trinajstić information content (AvgIpc) is 2.85. The molecule has 4 nitrogen and oxygen atoms in total. The van der Waals surface area contributed by atoms with Crippen LogP contribution in [-0.4, -0.2) is 38.7 Å². The molecule has 2 rings (SSSR count). The minimum atomic E-state index is 0.0867. The molecule has 0 saturated carbocycles. The summed E-state index contributed by atoms with van der Waals surface area (Å²) in [5, 5.41) is 0. The maximum absolute atomic E-state index is 12.0. The van der Waals surface area contributed by atoms with Gasteiger partial charge in [0.25, 0.3) is 0 Å². The average molecular weight is 416 g/mol.